The van der Waals surface area contributed by atoms with E-state index in [1.165, 1.54) is 77.2 Å². The summed E-state index contributed by atoms with van der Waals surface area (Å²) in [6.07, 6.45) is 4.43. The van der Waals surface area contributed by atoms with Crippen LogP contribution in [-0.4, -0.2) is 0 Å². The van der Waals surface area contributed by atoms with Crippen molar-refractivity contribution in [3.8, 4) is 44.5 Å². The van der Waals surface area contributed by atoms with Crippen LogP contribution in [0.15, 0.2) is 237 Å². The Morgan fingerprint density at radius 2 is 0.576 bits per heavy atom. The van der Waals surface area contributed by atoms with Gasteiger partial charge in [-0.3, -0.25) is 0 Å². The summed E-state index contributed by atoms with van der Waals surface area (Å²) in [5, 5.41) is 4.86. The van der Waals surface area contributed by atoms with Crippen LogP contribution in [0.1, 0.15) is 11.1 Å². The molecule has 278 valence electrons. The molecule has 0 aliphatic heterocycles. The third-order valence-electron chi connectivity index (χ3n) is 11.2. The largest absolute Gasteiger partial charge is 0.310 e. The van der Waals surface area contributed by atoms with Gasteiger partial charge < -0.3 is 4.90 Å². The maximum atomic E-state index is 2.33. The number of nitrogens with zero attached hydrogens (tertiary/aromatic N) is 1. The van der Waals surface area contributed by atoms with Crippen LogP contribution < -0.4 is 4.90 Å². The Kier molecular flexibility index (Phi) is 9.68. The molecule has 1 nitrogen and oxygen atoms in total. The Hall–Kier alpha value is -7.74. The number of anilines is 3. The SMILES string of the molecule is C(=Cc1ccc2cc(N(c3ccccc3)c3ccc(-c4ccccc4)cc3)ccc2c1)c1ccc2cc(-c3cc(-c4ccccc4)cc(-c4ccccc4)c3)ccc2c1. The Morgan fingerprint density at radius 3 is 1.12 bits per heavy atom. The second-order valence-corrected chi connectivity index (χ2v) is 15.1. The van der Waals surface area contributed by atoms with Gasteiger partial charge in [0, 0.05) is 17.1 Å². The van der Waals surface area contributed by atoms with Crippen molar-refractivity contribution in [3.63, 3.8) is 0 Å². The highest BCUT2D eigenvalue weighted by atomic mass is 15.1. The molecule has 0 heterocycles. The van der Waals surface area contributed by atoms with Crippen molar-refractivity contribution in [2.45, 2.75) is 0 Å². The topological polar surface area (TPSA) is 3.24 Å². The van der Waals surface area contributed by atoms with Gasteiger partial charge in [-0.2, -0.15) is 0 Å². The Morgan fingerprint density at radius 1 is 0.220 bits per heavy atom. The van der Waals surface area contributed by atoms with Crippen molar-refractivity contribution in [2.24, 2.45) is 0 Å². The highest BCUT2D eigenvalue weighted by Crippen LogP contribution is 2.38. The van der Waals surface area contributed by atoms with Gasteiger partial charge in [0.15, 0.2) is 0 Å². The maximum Gasteiger partial charge on any atom is 0.0468 e. The predicted octanol–water partition coefficient (Wildman–Crippen LogP) is 16.3. The second kappa shape index (κ2) is 16.0. The smallest absolute Gasteiger partial charge is 0.0468 e. The summed E-state index contributed by atoms with van der Waals surface area (Å²) in [4.78, 5) is 2.33. The molecule has 0 amide bonds. The Balaban J connectivity index is 0.907. The normalized spacial score (nSPS) is 11.3. The number of hydrogen-bond donors (Lipinski definition) is 0. The van der Waals surface area contributed by atoms with Gasteiger partial charge in [0.1, 0.15) is 0 Å². The summed E-state index contributed by atoms with van der Waals surface area (Å²) in [6.45, 7) is 0. The summed E-state index contributed by atoms with van der Waals surface area (Å²) in [6, 6.07) is 85.3. The lowest BCUT2D eigenvalue weighted by atomic mass is 9.92. The van der Waals surface area contributed by atoms with E-state index in [4.69, 9.17) is 0 Å². The molecule has 0 radical (unpaired) electrons. The fourth-order valence-electron chi connectivity index (χ4n) is 8.08. The average Bonchev–Trinajstić information content (AvgIpc) is 3.32. The van der Waals surface area contributed by atoms with Crippen LogP contribution in [0.4, 0.5) is 17.1 Å². The van der Waals surface area contributed by atoms with Gasteiger partial charge in [0.25, 0.3) is 0 Å². The van der Waals surface area contributed by atoms with E-state index in [1.54, 1.807) is 0 Å². The summed E-state index contributed by atoms with van der Waals surface area (Å²) < 4.78 is 0. The van der Waals surface area contributed by atoms with Gasteiger partial charge in [-0.1, -0.05) is 176 Å². The molecule has 0 aliphatic rings. The average molecular weight is 752 g/mol. The summed E-state index contributed by atoms with van der Waals surface area (Å²) in [5.41, 5.74) is 15.4. The molecule has 0 spiro atoms. The van der Waals surface area contributed by atoms with Gasteiger partial charge in [0.05, 0.1) is 0 Å². The zero-order chi connectivity index (χ0) is 39.4. The maximum absolute atomic E-state index is 2.33. The fourth-order valence-corrected chi connectivity index (χ4v) is 8.08. The van der Waals surface area contributed by atoms with E-state index in [0.29, 0.717) is 0 Å². The van der Waals surface area contributed by atoms with E-state index >= 15 is 0 Å². The number of para-hydroxylation sites is 1. The molecule has 0 atom stereocenters. The van der Waals surface area contributed by atoms with Crippen LogP contribution in [0, 0.1) is 0 Å². The van der Waals surface area contributed by atoms with Gasteiger partial charge in [0.2, 0.25) is 0 Å². The molecular weight excluding hydrogens is 711 g/mol. The first-order valence-electron chi connectivity index (χ1n) is 20.2. The highest BCUT2D eigenvalue weighted by Gasteiger charge is 2.14. The Labute approximate surface area is 346 Å². The molecule has 0 bridgehead atoms. The van der Waals surface area contributed by atoms with Crippen molar-refractivity contribution in [1.29, 1.82) is 0 Å². The minimum atomic E-state index is 1.12. The first-order valence-corrected chi connectivity index (χ1v) is 20.2. The quantitative estimate of drug-likeness (QED) is 0.133. The lowest BCUT2D eigenvalue weighted by molar-refractivity contribution is 1.29. The van der Waals surface area contributed by atoms with E-state index in [-0.39, 0.29) is 0 Å². The molecule has 10 aromatic carbocycles. The molecule has 0 saturated heterocycles. The molecule has 0 unspecified atom stereocenters. The molecule has 0 fully saturated rings. The van der Waals surface area contributed by atoms with Crippen LogP contribution in [0.25, 0.3) is 78.2 Å². The monoisotopic (exact) mass is 751 g/mol. The number of hydrogen-bond acceptors (Lipinski definition) is 1. The molecule has 10 rings (SSSR count). The lowest BCUT2D eigenvalue weighted by Crippen LogP contribution is -2.09. The standard InChI is InChI=1S/C58H41N/c1-5-13-44(14-6-1)47-29-32-57(33-30-47)59(56-19-11-4-12-20-56)58-34-31-49-36-43(24-26-52(49)41-58)22-21-42-23-25-50-37-51(28-27-48(50)35-42)55-39-53(45-15-7-2-8-16-45)38-54(40-55)46-17-9-3-10-18-46/h1-41H. The van der Waals surface area contributed by atoms with Crippen molar-refractivity contribution >= 4 is 50.8 Å². The summed E-state index contributed by atoms with van der Waals surface area (Å²) in [5.74, 6) is 0. The first-order chi connectivity index (χ1) is 29.2. The molecule has 0 aromatic heterocycles. The van der Waals surface area contributed by atoms with E-state index in [0.717, 1.165) is 17.1 Å². The van der Waals surface area contributed by atoms with Crippen LogP contribution in [0.2, 0.25) is 0 Å². The van der Waals surface area contributed by atoms with E-state index < -0.39 is 0 Å². The van der Waals surface area contributed by atoms with E-state index in [2.05, 4.69) is 254 Å². The van der Waals surface area contributed by atoms with Crippen LogP contribution in [-0.2, 0) is 0 Å². The lowest BCUT2D eigenvalue weighted by Gasteiger charge is -2.26. The van der Waals surface area contributed by atoms with Crippen molar-refractivity contribution < 1.29 is 0 Å². The second-order valence-electron chi connectivity index (χ2n) is 15.1. The van der Waals surface area contributed by atoms with Gasteiger partial charge in [-0.05, 0) is 150 Å². The number of benzene rings is 10. The van der Waals surface area contributed by atoms with Crippen molar-refractivity contribution in [2.75, 3.05) is 4.90 Å². The van der Waals surface area contributed by atoms with E-state index in [1.807, 2.05) is 0 Å². The molecule has 10 aromatic rings. The minimum Gasteiger partial charge on any atom is -0.310 e. The van der Waals surface area contributed by atoms with Gasteiger partial charge >= 0.3 is 0 Å². The van der Waals surface area contributed by atoms with Crippen molar-refractivity contribution in [3.05, 3.63) is 248 Å². The zero-order valence-corrected chi connectivity index (χ0v) is 32.6. The zero-order valence-electron chi connectivity index (χ0n) is 32.6. The van der Waals surface area contributed by atoms with Gasteiger partial charge in [-0.15, -0.1) is 0 Å². The molecule has 1 heteroatoms. The number of rotatable bonds is 9. The molecule has 0 saturated carbocycles. The van der Waals surface area contributed by atoms with Crippen LogP contribution in [0.3, 0.4) is 0 Å². The van der Waals surface area contributed by atoms with E-state index in [9.17, 15) is 0 Å². The van der Waals surface area contributed by atoms with Crippen LogP contribution >= 0.6 is 0 Å². The summed E-state index contributed by atoms with van der Waals surface area (Å²) in [7, 11) is 0. The van der Waals surface area contributed by atoms with Gasteiger partial charge in [-0.25, -0.2) is 0 Å². The minimum absolute atomic E-state index is 1.12. The summed E-state index contributed by atoms with van der Waals surface area (Å²) >= 11 is 0. The number of fused-ring (bicyclic) bond motifs is 2. The third kappa shape index (κ3) is 7.70. The predicted molar refractivity (Wildman–Crippen MR) is 253 cm³/mol. The molecule has 0 N–H and O–H groups in total. The molecule has 59 heavy (non-hydrogen) atoms. The van der Waals surface area contributed by atoms with Crippen molar-refractivity contribution in [1.82, 2.24) is 0 Å². The first kappa shape index (κ1) is 35.7. The fraction of sp³-hybridized carbons (Fsp3) is 0. The Bertz CT molecular complexity index is 3000. The third-order valence-corrected chi connectivity index (χ3v) is 11.2. The molecular formula is C58H41N. The molecule has 0 aliphatic carbocycles. The highest BCUT2D eigenvalue weighted by molar-refractivity contribution is 5.93. The van der Waals surface area contributed by atoms with Crippen LogP contribution in [0.5, 0.6) is 0 Å².